The summed E-state index contributed by atoms with van der Waals surface area (Å²) < 4.78 is 5.43. The molecular weight excluding hydrogens is 252 g/mol. The monoisotopic (exact) mass is 272 g/mol. The molecule has 1 aromatic heterocycles. The van der Waals surface area contributed by atoms with Gasteiger partial charge in [0.15, 0.2) is 5.82 Å². The van der Waals surface area contributed by atoms with Gasteiger partial charge in [-0.1, -0.05) is 30.3 Å². The first-order valence-corrected chi connectivity index (χ1v) is 6.70. The molecule has 0 aliphatic carbocycles. The van der Waals surface area contributed by atoms with E-state index in [2.05, 4.69) is 34.3 Å². The highest BCUT2D eigenvalue weighted by Crippen LogP contribution is 2.28. The number of nitrogen functional groups attached to an aromatic ring is 1. The third-order valence-corrected chi connectivity index (χ3v) is 2.96. The van der Waals surface area contributed by atoms with Crippen molar-refractivity contribution in [2.24, 2.45) is 0 Å². The van der Waals surface area contributed by atoms with E-state index >= 15 is 0 Å². The molecule has 0 aliphatic heterocycles. The van der Waals surface area contributed by atoms with E-state index in [9.17, 15) is 0 Å². The van der Waals surface area contributed by atoms with Gasteiger partial charge in [0, 0.05) is 0 Å². The van der Waals surface area contributed by atoms with Gasteiger partial charge in [-0.05, 0) is 26.3 Å². The highest BCUT2D eigenvalue weighted by Gasteiger charge is 2.14. The normalized spacial score (nSPS) is 11.9. The number of nitrogens with zero attached hydrogens (tertiary/aromatic N) is 2. The van der Waals surface area contributed by atoms with Gasteiger partial charge in [0.1, 0.15) is 11.5 Å². The van der Waals surface area contributed by atoms with E-state index in [0.717, 1.165) is 0 Å². The molecule has 3 N–H and O–H groups in total. The maximum absolute atomic E-state index is 6.05. The summed E-state index contributed by atoms with van der Waals surface area (Å²) in [5.41, 5.74) is 7.66. The largest absolute Gasteiger partial charge is 0.476 e. The molecule has 0 aliphatic rings. The summed E-state index contributed by atoms with van der Waals surface area (Å²) in [6, 6.07) is 10.2. The number of anilines is 2. The fourth-order valence-corrected chi connectivity index (χ4v) is 1.94. The lowest BCUT2D eigenvalue weighted by molar-refractivity contribution is 0.327. The molecule has 5 heteroatoms. The van der Waals surface area contributed by atoms with Crippen LogP contribution in [0.25, 0.3) is 0 Å². The second kappa shape index (κ2) is 6.23. The van der Waals surface area contributed by atoms with Crippen LogP contribution in [0.5, 0.6) is 5.88 Å². The molecule has 0 fully saturated rings. The minimum absolute atomic E-state index is 0.0993. The van der Waals surface area contributed by atoms with Crippen LogP contribution in [0.4, 0.5) is 11.5 Å². The molecule has 2 rings (SSSR count). The summed E-state index contributed by atoms with van der Waals surface area (Å²) in [5, 5.41) is 3.31. The molecule has 1 atom stereocenters. The number of hydrogen-bond donors (Lipinski definition) is 2. The number of nitrogens with one attached hydrogen (secondary N) is 1. The van der Waals surface area contributed by atoms with E-state index in [0.29, 0.717) is 29.8 Å². The van der Waals surface area contributed by atoms with Crippen LogP contribution in [0, 0.1) is 6.92 Å². The molecule has 1 heterocycles. The lowest BCUT2D eigenvalue weighted by Crippen LogP contribution is -2.12. The van der Waals surface area contributed by atoms with Gasteiger partial charge in [-0.2, -0.15) is 4.98 Å². The standard InChI is InChI=1S/C15H20N4O/c1-4-20-15-13(16)14(18-11(3)19-15)17-10(2)12-8-6-5-7-9-12/h5-10H,4,16H2,1-3H3,(H,17,18,19). The van der Waals surface area contributed by atoms with Crippen LogP contribution in [-0.2, 0) is 0 Å². The smallest absolute Gasteiger partial charge is 0.242 e. The highest BCUT2D eigenvalue weighted by molar-refractivity contribution is 5.67. The summed E-state index contributed by atoms with van der Waals surface area (Å²) in [6.45, 7) is 6.30. The number of aromatic nitrogens is 2. The Morgan fingerprint density at radius 2 is 1.95 bits per heavy atom. The highest BCUT2D eigenvalue weighted by atomic mass is 16.5. The molecule has 0 saturated carbocycles. The molecular formula is C15H20N4O. The Balaban J connectivity index is 2.25. The van der Waals surface area contributed by atoms with Crippen LogP contribution in [0.2, 0.25) is 0 Å². The van der Waals surface area contributed by atoms with E-state index in [4.69, 9.17) is 10.5 Å². The summed E-state index contributed by atoms with van der Waals surface area (Å²) in [7, 11) is 0. The van der Waals surface area contributed by atoms with Crippen molar-refractivity contribution in [1.29, 1.82) is 0 Å². The predicted molar refractivity (Wildman–Crippen MR) is 80.8 cm³/mol. The van der Waals surface area contributed by atoms with E-state index in [1.807, 2.05) is 32.0 Å². The lowest BCUT2D eigenvalue weighted by atomic mass is 10.1. The minimum Gasteiger partial charge on any atom is -0.476 e. The Kier molecular flexibility index (Phi) is 4.40. The molecule has 20 heavy (non-hydrogen) atoms. The summed E-state index contributed by atoms with van der Waals surface area (Å²) in [4.78, 5) is 8.56. The number of hydrogen-bond acceptors (Lipinski definition) is 5. The maximum atomic E-state index is 6.05. The van der Waals surface area contributed by atoms with Crippen LogP contribution in [0.3, 0.4) is 0 Å². The number of aryl methyl sites for hydroxylation is 1. The Morgan fingerprint density at radius 1 is 1.25 bits per heavy atom. The first kappa shape index (κ1) is 14.1. The third-order valence-electron chi connectivity index (χ3n) is 2.96. The molecule has 0 saturated heterocycles. The maximum Gasteiger partial charge on any atom is 0.242 e. The van der Waals surface area contributed by atoms with Gasteiger partial charge in [0.25, 0.3) is 0 Å². The van der Waals surface area contributed by atoms with Crippen molar-refractivity contribution in [2.45, 2.75) is 26.8 Å². The molecule has 0 spiro atoms. The molecule has 0 bridgehead atoms. The van der Waals surface area contributed by atoms with Crippen molar-refractivity contribution in [3.8, 4) is 5.88 Å². The van der Waals surface area contributed by atoms with Gasteiger partial charge in [0.05, 0.1) is 12.6 Å². The molecule has 0 radical (unpaired) electrons. The number of ether oxygens (including phenoxy) is 1. The SMILES string of the molecule is CCOc1nc(C)nc(NC(C)c2ccccc2)c1N. The molecule has 2 aromatic rings. The number of benzene rings is 1. The van der Waals surface area contributed by atoms with Crippen molar-refractivity contribution >= 4 is 11.5 Å². The summed E-state index contributed by atoms with van der Waals surface area (Å²) >= 11 is 0. The van der Waals surface area contributed by atoms with Crippen LogP contribution >= 0.6 is 0 Å². The predicted octanol–water partition coefficient (Wildman–Crippen LogP) is 2.94. The minimum atomic E-state index is 0.0993. The van der Waals surface area contributed by atoms with Gasteiger partial charge in [-0.3, -0.25) is 0 Å². The van der Waals surface area contributed by atoms with Crippen molar-refractivity contribution in [3.63, 3.8) is 0 Å². The topological polar surface area (TPSA) is 73.1 Å². The zero-order chi connectivity index (χ0) is 14.5. The summed E-state index contributed by atoms with van der Waals surface area (Å²) in [6.07, 6.45) is 0. The van der Waals surface area contributed by atoms with Crippen LogP contribution in [0.15, 0.2) is 30.3 Å². The first-order valence-electron chi connectivity index (χ1n) is 6.70. The molecule has 1 unspecified atom stereocenters. The van der Waals surface area contributed by atoms with Gasteiger partial charge in [0.2, 0.25) is 5.88 Å². The van der Waals surface area contributed by atoms with E-state index in [1.54, 1.807) is 0 Å². The van der Waals surface area contributed by atoms with Crippen LogP contribution in [-0.4, -0.2) is 16.6 Å². The van der Waals surface area contributed by atoms with Crippen molar-refractivity contribution in [1.82, 2.24) is 9.97 Å². The van der Waals surface area contributed by atoms with Gasteiger partial charge in [-0.15, -0.1) is 0 Å². The number of rotatable bonds is 5. The fraction of sp³-hybridized carbons (Fsp3) is 0.333. The van der Waals surface area contributed by atoms with E-state index in [-0.39, 0.29) is 6.04 Å². The Morgan fingerprint density at radius 3 is 2.60 bits per heavy atom. The summed E-state index contributed by atoms with van der Waals surface area (Å²) in [5.74, 6) is 1.67. The average Bonchev–Trinajstić information content (AvgIpc) is 2.45. The quantitative estimate of drug-likeness (QED) is 0.875. The zero-order valence-electron chi connectivity index (χ0n) is 12.1. The third kappa shape index (κ3) is 3.17. The average molecular weight is 272 g/mol. The molecule has 106 valence electrons. The van der Waals surface area contributed by atoms with E-state index < -0.39 is 0 Å². The number of nitrogens with two attached hydrogens (primary N) is 1. The van der Waals surface area contributed by atoms with Crippen LogP contribution < -0.4 is 15.8 Å². The Bertz CT molecular complexity index is 572. The lowest BCUT2D eigenvalue weighted by Gasteiger charge is -2.17. The molecule has 0 amide bonds. The van der Waals surface area contributed by atoms with Gasteiger partial charge < -0.3 is 15.8 Å². The Hall–Kier alpha value is -2.30. The molecule has 5 nitrogen and oxygen atoms in total. The van der Waals surface area contributed by atoms with Crippen molar-refractivity contribution in [2.75, 3.05) is 17.7 Å². The van der Waals surface area contributed by atoms with E-state index in [1.165, 1.54) is 5.56 Å². The van der Waals surface area contributed by atoms with Gasteiger partial charge >= 0.3 is 0 Å². The second-order valence-corrected chi connectivity index (χ2v) is 4.55. The fourth-order valence-electron chi connectivity index (χ4n) is 1.94. The zero-order valence-corrected chi connectivity index (χ0v) is 12.1. The molecule has 1 aromatic carbocycles. The van der Waals surface area contributed by atoms with Gasteiger partial charge in [-0.25, -0.2) is 4.98 Å². The van der Waals surface area contributed by atoms with Crippen LogP contribution in [0.1, 0.15) is 31.3 Å². The first-order chi connectivity index (χ1) is 9.61. The Labute approximate surface area is 119 Å². The second-order valence-electron chi connectivity index (χ2n) is 4.55. The van der Waals surface area contributed by atoms with Crippen molar-refractivity contribution < 1.29 is 4.74 Å². The van der Waals surface area contributed by atoms with Crippen molar-refractivity contribution in [3.05, 3.63) is 41.7 Å².